The average Bonchev–Trinajstić information content (AvgIpc) is 3.22. The van der Waals surface area contributed by atoms with E-state index in [-0.39, 0.29) is 29.8 Å². The van der Waals surface area contributed by atoms with Crippen molar-refractivity contribution < 1.29 is 29.3 Å². The molecule has 3 rings (SSSR count). The molecule has 7 nitrogen and oxygen atoms in total. The summed E-state index contributed by atoms with van der Waals surface area (Å²) in [6, 6.07) is 0. The van der Waals surface area contributed by atoms with Crippen LogP contribution in [0.3, 0.4) is 0 Å². The largest absolute Gasteiger partial charge is 0.458 e. The molecule has 7 atom stereocenters. The Morgan fingerprint density at radius 2 is 1.91 bits per heavy atom. The number of hydrogen-bond acceptors (Lipinski definition) is 8. The van der Waals surface area contributed by atoms with Crippen LogP contribution in [-0.2, 0) is 19.1 Å². The van der Waals surface area contributed by atoms with Crippen LogP contribution >= 0.6 is 11.3 Å². The Balaban J connectivity index is 1.89. The van der Waals surface area contributed by atoms with Crippen LogP contribution in [-0.4, -0.2) is 57.0 Å². The van der Waals surface area contributed by atoms with Crippen molar-refractivity contribution in [1.82, 2.24) is 4.98 Å². The lowest BCUT2D eigenvalue weighted by Crippen LogP contribution is -2.45. The van der Waals surface area contributed by atoms with Crippen LogP contribution in [0.4, 0.5) is 0 Å². The number of fused-ring (bicyclic) bond motifs is 1. The number of aliphatic hydroxyl groups is 2. The van der Waals surface area contributed by atoms with Gasteiger partial charge in [-0.1, -0.05) is 39.8 Å². The lowest BCUT2D eigenvalue weighted by atomic mass is 9.73. The molecule has 2 N–H and O–H groups in total. The number of carbonyl (C=O) groups is 2. The number of hydrogen-bond donors (Lipinski definition) is 2. The molecule has 1 aromatic rings. The van der Waals surface area contributed by atoms with Gasteiger partial charge in [-0.2, -0.15) is 0 Å². The zero-order valence-corrected chi connectivity index (χ0v) is 22.6. The summed E-state index contributed by atoms with van der Waals surface area (Å²) in [6.07, 6.45) is 3.84. The molecule has 0 radical (unpaired) electrons. The number of rotatable bonds is 2. The zero-order valence-electron chi connectivity index (χ0n) is 21.8. The van der Waals surface area contributed by atoms with Crippen LogP contribution in [0.1, 0.15) is 71.5 Å². The minimum Gasteiger partial charge on any atom is -0.458 e. The Kier molecular flexibility index (Phi) is 8.41. The van der Waals surface area contributed by atoms with E-state index in [4.69, 9.17) is 9.47 Å². The number of epoxide rings is 1. The molecule has 0 bridgehead atoms. The zero-order chi connectivity index (χ0) is 26.1. The fraction of sp³-hybridized carbons (Fsp3) is 0.667. The van der Waals surface area contributed by atoms with Crippen LogP contribution in [0.25, 0.3) is 6.08 Å². The van der Waals surface area contributed by atoms with Crippen molar-refractivity contribution in [3.8, 4) is 0 Å². The first-order valence-electron chi connectivity index (χ1n) is 12.3. The van der Waals surface area contributed by atoms with Crippen molar-refractivity contribution in [2.45, 2.75) is 97.7 Å². The highest BCUT2D eigenvalue weighted by atomic mass is 32.1. The summed E-state index contributed by atoms with van der Waals surface area (Å²) >= 11 is 1.55. The first-order chi connectivity index (χ1) is 16.2. The first-order valence-corrected chi connectivity index (χ1v) is 13.2. The molecule has 1 aromatic heterocycles. The van der Waals surface area contributed by atoms with E-state index in [2.05, 4.69) is 4.98 Å². The van der Waals surface area contributed by atoms with Crippen LogP contribution in [0.5, 0.6) is 0 Å². The molecule has 0 aromatic carbocycles. The van der Waals surface area contributed by atoms with Gasteiger partial charge >= 0.3 is 5.97 Å². The maximum atomic E-state index is 13.2. The van der Waals surface area contributed by atoms with Gasteiger partial charge in [0.1, 0.15) is 11.9 Å². The highest BCUT2D eigenvalue weighted by Gasteiger charge is 2.52. The molecular formula is C27H39NO6S. The van der Waals surface area contributed by atoms with Gasteiger partial charge in [-0.15, -0.1) is 11.3 Å². The number of nitrogens with zero attached hydrogens (tertiary/aromatic N) is 1. The number of cyclic esters (lactones) is 1. The lowest BCUT2D eigenvalue weighted by molar-refractivity contribution is -0.154. The number of ketones is 1. The summed E-state index contributed by atoms with van der Waals surface area (Å²) in [5, 5.41) is 24.5. The van der Waals surface area contributed by atoms with Crippen molar-refractivity contribution in [2.75, 3.05) is 0 Å². The predicted molar refractivity (Wildman–Crippen MR) is 136 cm³/mol. The highest BCUT2D eigenvalue weighted by Crippen LogP contribution is 2.44. The fourth-order valence-corrected chi connectivity index (χ4v) is 5.24. The number of esters is 1. The van der Waals surface area contributed by atoms with Gasteiger partial charge in [0.2, 0.25) is 0 Å². The van der Waals surface area contributed by atoms with Gasteiger partial charge in [-0.05, 0) is 38.8 Å². The third kappa shape index (κ3) is 6.47. The number of thiazole rings is 1. The highest BCUT2D eigenvalue weighted by molar-refractivity contribution is 7.09. The Bertz CT molecular complexity index is 998. The summed E-state index contributed by atoms with van der Waals surface area (Å²) in [6.45, 7) is 12.6. The molecule has 2 aliphatic rings. The molecule has 1 saturated heterocycles. The van der Waals surface area contributed by atoms with E-state index < -0.39 is 35.6 Å². The van der Waals surface area contributed by atoms with Crippen LogP contribution in [0.2, 0.25) is 0 Å². The summed E-state index contributed by atoms with van der Waals surface area (Å²) in [7, 11) is 0. The molecule has 0 aliphatic carbocycles. The molecule has 3 heterocycles. The van der Waals surface area contributed by atoms with Gasteiger partial charge in [0.05, 0.1) is 46.5 Å². The normalized spacial score (nSPS) is 37.9. The summed E-state index contributed by atoms with van der Waals surface area (Å²) in [4.78, 5) is 30.6. The maximum absolute atomic E-state index is 13.2. The minimum absolute atomic E-state index is 0.0968. The third-order valence-corrected chi connectivity index (χ3v) is 8.30. The van der Waals surface area contributed by atoms with Gasteiger partial charge in [-0.3, -0.25) is 9.59 Å². The molecular weight excluding hydrogens is 466 g/mol. The van der Waals surface area contributed by atoms with E-state index in [1.807, 2.05) is 51.3 Å². The monoisotopic (exact) mass is 505 g/mol. The third-order valence-electron chi connectivity index (χ3n) is 7.51. The van der Waals surface area contributed by atoms with E-state index in [1.165, 1.54) is 0 Å². The molecule has 8 heteroatoms. The molecule has 2 aliphatic heterocycles. The number of aryl methyl sites for hydroxylation is 1. The second-order valence-electron chi connectivity index (χ2n) is 10.9. The van der Waals surface area contributed by atoms with Crippen LogP contribution < -0.4 is 0 Å². The van der Waals surface area contributed by atoms with Gasteiger partial charge in [0, 0.05) is 23.6 Å². The molecule has 1 unspecified atom stereocenters. The Labute approximate surface area is 212 Å². The number of ether oxygens (including phenoxy) is 2. The second kappa shape index (κ2) is 10.6. The molecule has 35 heavy (non-hydrogen) atoms. The van der Waals surface area contributed by atoms with E-state index in [1.54, 1.807) is 32.1 Å². The van der Waals surface area contributed by atoms with Gasteiger partial charge in [-0.25, -0.2) is 4.98 Å². The summed E-state index contributed by atoms with van der Waals surface area (Å²) in [5.74, 6) is -1.83. The molecule has 1 fully saturated rings. The van der Waals surface area contributed by atoms with Crippen molar-refractivity contribution in [2.24, 2.45) is 17.3 Å². The maximum Gasteiger partial charge on any atom is 0.309 e. The lowest BCUT2D eigenvalue weighted by Gasteiger charge is -2.34. The van der Waals surface area contributed by atoms with E-state index in [9.17, 15) is 19.8 Å². The minimum atomic E-state index is -1.25. The number of Topliss-reactive ketones (excluding diaryl/α,β-unsaturated/α-hetero) is 1. The van der Waals surface area contributed by atoms with Crippen LogP contribution in [0.15, 0.2) is 23.1 Å². The summed E-state index contributed by atoms with van der Waals surface area (Å²) in [5.41, 5.74) is 0.0391. The molecule has 0 spiro atoms. The quantitative estimate of drug-likeness (QED) is 0.351. The fourth-order valence-electron chi connectivity index (χ4n) is 4.67. The van der Waals surface area contributed by atoms with Crippen molar-refractivity contribution in [3.63, 3.8) is 0 Å². The number of carbonyl (C=O) groups excluding carboxylic acids is 2. The average molecular weight is 506 g/mol. The molecule has 0 saturated carbocycles. The van der Waals surface area contributed by atoms with E-state index in [0.717, 1.165) is 16.3 Å². The second-order valence-corrected chi connectivity index (χ2v) is 12.0. The first kappa shape index (κ1) is 27.7. The number of aromatic nitrogens is 1. The SMILES string of the molecule is C/C(=C\c1csc(C)n1)C1C[C@H]2O[C@@]2(C)C/C=C/[C@H](C)[C@H](O)[C@@H](C)C(=O)C(C)(C)[C@@H](O)CC(=O)O1. The van der Waals surface area contributed by atoms with Gasteiger partial charge < -0.3 is 19.7 Å². The smallest absolute Gasteiger partial charge is 0.309 e. The van der Waals surface area contributed by atoms with Crippen molar-refractivity contribution in [1.29, 1.82) is 0 Å². The molecule has 0 amide bonds. The number of aliphatic hydroxyl groups excluding tert-OH is 2. The topological polar surface area (TPSA) is 109 Å². The van der Waals surface area contributed by atoms with Crippen molar-refractivity contribution >= 4 is 29.2 Å². The Morgan fingerprint density at radius 1 is 1.23 bits per heavy atom. The van der Waals surface area contributed by atoms with Gasteiger partial charge in [0.25, 0.3) is 0 Å². The molecule has 194 valence electrons. The van der Waals surface area contributed by atoms with Crippen LogP contribution in [0, 0.1) is 24.2 Å². The predicted octanol–water partition coefficient (Wildman–Crippen LogP) is 4.25. The Morgan fingerprint density at radius 3 is 2.54 bits per heavy atom. The van der Waals surface area contributed by atoms with Gasteiger partial charge in [0.15, 0.2) is 0 Å². The Hall–Kier alpha value is -1.87. The summed E-state index contributed by atoms with van der Waals surface area (Å²) < 4.78 is 11.9. The van der Waals surface area contributed by atoms with E-state index >= 15 is 0 Å². The standard InChI is InChI=1S/C27H39NO6S/c1-15-9-8-10-27(7)22(34-27)12-20(16(2)11-19-14-35-18(4)28-19)33-23(30)13-21(29)26(5,6)25(32)17(3)24(15)31/h8-9,11,14-15,17,20-22,24,29,31H,10,12-13H2,1-7H3/b9-8+,16-11+/t15-,17+,20?,21-,22+,24-,27-/m0/s1. The van der Waals surface area contributed by atoms with Crippen molar-refractivity contribution in [3.05, 3.63) is 33.8 Å². The van der Waals surface area contributed by atoms with E-state index in [0.29, 0.717) is 12.8 Å².